The van der Waals surface area contributed by atoms with Crippen LogP contribution in [0.4, 0.5) is 0 Å². The minimum absolute atomic E-state index is 0.00123. The maximum Gasteiger partial charge on any atom is 0.274 e. The van der Waals surface area contributed by atoms with Crippen molar-refractivity contribution in [2.45, 2.75) is 13.0 Å². The maximum absolute atomic E-state index is 13.6. The minimum atomic E-state index is -0.172. The third-order valence-electron chi connectivity index (χ3n) is 7.31. The van der Waals surface area contributed by atoms with Crippen LogP contribution in [0.2, 0.25) is 0 Å². The lowest BCUT2D eigenvalue weighted by atomic mass is 9.96. The number of hydrogen-bond acceptors (Lipinski definition) is 7. The van der Waals surface area contributed by atoms with Crippen molar-refractivity contribution >= 4 is 17.5 Å². The van der Waals surface area contributed by atoms with Crippen LogP contribution in [0.5, 0.6) is 11.5 Å². The molecule has 0 spiro atoms. The number of carbonyl (C=O) groups excluding carboxylic acids is 2. The van der Waals surface area contributed by atoms with Gasteiger partial charge in [-0.15, -0.1) is 0 Å². The number of ether oxygens (including phenoxy) is 3. The van der Waals surface area contributed by atoms with E-state index >= 15 is 0 Å². The Morgan fingerprint density at radius 3 is 2.46 bits per heavy atom. The lowest BCUT2D eigenvalue weighted by molar-refractivity contribution is 0.0303. The summed E-state index contributed by atoms with van der Waals surface area (Å²) in [5.74, 6) is 1.05. The summed E-state index contributed by atoms with van der Waals surface area (Å²) in [6, 6.07) is 15.0. The summed E-state index contributed by atoms with van der Waals surface area (Å²) in [6.45, 7) is 3.29. The van der Waals surface area contributed by atoms with Gasteiger partial charge in [0.2, 0.25) is 0 Å². The monoisotopic (exact) mass is 527 g/mol. The molecule has 0 aliphatic carbocycles. The Hall–Kier alpha value is -4.44. The fourth-order valence-corrected chi connectivity index (χ4v) is 5.19. The number of benzene rings is 2. The Morgan fingerprint density at radius 2 is 1.67 bits per heavy atom. The molecular formula is C29H29N5O5. The van der Waals surface area contributed by atoms with Crippen molar-refractivity contribution < 1.29 is 23.8 Å². The van der Waals surface area contributed by atoms with Gasteiger partial charge in [0.15, 0.2) is 22.8 Å². The molecule has 2 aliphatic heterocycles. The number of aromatic nitrogens is 3. The molecule has 10 nitrogen and oxygen atoms in total. The van der Waals surface area contributed by atoms with Crippen LogP contribution < -0.4 is 9.47 Å². The molecule has 10 heteroatoms. The molecule has 2 amide bonds. The Labute approximate surface area is 225 Å². The second-order valence-corrected chi connectivity index (χ2v) is 9.56. The lowest BCUT2D eigenvalue weighted by Gasteiger charge is -2.30. The average molecular weight is 528 g/mol. The Bertz CT molecular complexity index is 1560. The second kappa shape index (κ2) is 10.4. The Kier molecular flexibility index (Phi) is 6.62. The van der Waals surface area contributed by atoms with Crippen molar-refractivity contribution in [1.82, 2.24) is 24.4 Å². The highest BCUT2D eigenvalue weighted by atomic mass is 16.5. The minimum Gasteiger partial charge on any atom is -0.493 e. The van der Waals surface area contributed by atoms with Gasteiger partial charge in [-0.2, -0.15) is 5.10 Å². The molecule has 4 aromatic rings. The fourth-order valence-electron chi connectivity index (χ4n) is 5.19. The number of fused-ring (bicyclic) bond motifs is 2. The van der Waals surface area contributed by atoms with E-state index in [1.807, 2.05) is 47.4 Å². The SMILES string of the molecule is COc1ccc(-c2ccnc3cc(C(=O)N4CCc5ccc(C(=O)N6CCOCC6)cc5C4)nn23)cc1OC. The summed E-state index contributed by atoms with van der Waals surface area (Å²) >= 11 is 0. The van der Waals surface area contributed by atoms with Crippen molar-refractivity contribution in [2.24, 2.45) is 0 Å². The molecule has 0 atom stereocenters. The van der Waals surface area contributed by atoms with Crippen molar-refractivity contribution in [3.63, 3.8) is 0 Å². The van der Waals surface area contributed by atoms with Gasteiger partial charge in [0.1, 0.15) is 0 Å². The Balaban J connectivity index is 1.26. The van der Waals surface area contributed by atoms with E-state index in [0.29, 0.717) is 67.8 Å². The predicted molar refractivity (Wildman–Crippen MR) is 143 cm³/mol. The van der Waals surface area contributed by atoms with E-state index in [1.165, 1.54) is 0 Å². The van der Waals surface area contributed by atoms with Gasteiger partial charge in [-0.3, -0.25) is 9.59 Å². The molecular weight excluding hydrogens is 498 g/mol. The molecule has 4 heterocycles. The van der Waals surface area contributed by atoms with Gasteiger partial charge in [-0.1, -0.05) is 6.07 Å². The van der Waals surface area contributed by atoms with Crippen LogP contribution in [0.1, 0.15) is 32.0 Å². The van der Waals surface area contributed by atoms with E-state index in [9.17, 15) is 9.59 Å². The van der Waals surface area contributed by atoms with E-state index < -0.39 is 0 Å². The van der Waals surface area contributed by atoms with E-state index in [4.69, 9.17) is 14.2 Å². The second-order valence-electron chi connectivity index (χ2n) is 9.56. The van der Waals surface area contributed by atoms with Crippen LogP contribution in [0.3, 0.4) is 0 Å². The molecule has 0 radical (unpaired) electrons. The molecule has 2 aliphatic rings. The summed E-state index contributed by atoms with van der Waals surface area (Å²) in [6.07, 6.45) is 2.41. The summed E-state index contributed by atoms with van der Waals surface area (Å²) in [4.78, 5) is 34.6. The molecule has 1 saturated heterocycles. The molecule has 0 bridgehead atoms. The summed E-state index contributed by atoms with van der Waals surface area (Å²) in [5, 5.41) is 4.64. The number of rotatable bonds is 5. The third-order valence-corrected chi connectivity index (χ3v) is 7.31. The van der Waals surface area contributed by atoms with E-state index in [-0.39, 0.29) is 11.8 Å². The standard InChI is InChI=1S/C29H29N5O5/c1-37-25-6-5-20(16-26(25)38-2)24-7-9-30-27-17-23(31-34(24)27)29(36)33-10-8-19-3-4-21(15-22(19)18-33)28(35)32-11-13-39-14-12-32/h3-7,9,15-17H,8,10-14,18H2,1-2H3. The Morgan fingerprint density at radius 1 is 0.846 bits per heavy atom. The summed E-state index contributed by atoms with van der Waals surface area (Å²) in [7, 11) is 3.18. The van der Waals surface area contributed by atoms with Crippen molar-refractivity contribution in [2.75, 3.05) is 47.1 Å². The zero-order chi connectivity index (χ0) is 26.9. The third kappa shape index (κ3) is 4.67. The number of amides is 2. The van der Waals surface area contributed by atoms with E-state index in [2.05, 4.69) is 10.1 Å². The fraction of sp³-hybridized carbons (Fsp3) is 0.310. The smallest absolute Gasteiger partial charge is 0.274 e. The van der Waals surface area contributed by atoms with Gasteiger partial charge in [0, 0.05) is 49.6 Å². The number of methoxy groups -OCH3 is 2. The van der Waals surface area contributed by atoms with Crippen LogP contribution in [0.15, 0.2) is 54.7 Å². The molecule has 0 saturated carbocycles. The topological polar surface area (TPSA) is 98.5 Å². The van der Waals surface area contributed by atoms with Gasteiger partial charge in [0.25, 0.3) is 11.8 Å². The predicted octanol–water partition coefficient (Wildman–Crippen LogP) is 3.08. The van der Waals surface area contributed by atoms with Gasteiger partial charge in [-0.05, 0) is 53.9 Å². The molecule has 39 heavy (non-hydrogen) atoms. The highest BCUT2D eigenvalue weighted by Gasteiger charge is 2.26. The summed E-state index contributed by atoms with van der Waals surface area (Å²) in [5.41, 5.74) is 5.30. The average Bonchev–Trinajstić information content (AvgIpc) is 3.44. The van der Waals surface area contributed by atoms with Gasteiger partial charge >= 0.3 is 0 Å². The normalized spacial score (nSPS) is 15.2. The lowest BCUT2D eigenvalue weighted by Crippen LogP contribution is -2.41. The van der Waals surface area contributed by atoms with Crippen molar-refractivity contribution in [1.29, 1.82) is 0 Å². The molecule has 200 valence electrons. The number of carbonyl (C=O) groups is 2. The number of hydrogen-bond donors (Lipinski definition) is 0. The van der Waals surface area contributed by atoms with Gasteiger partial charge in [-0.25, -0.2) is 9.50 Å². The first kappa shape index (κ1) is 24.9. The van der Waals surface area contributed by atoms with Crippen LogP contribution in [0.25, 0.3) is 16.9 Å². The highest BCUT2D eigenvalue weighted by molar-refractivity contribution is 5.95. The molecule has 2 aromatic carbocycles. The van der Waals surface area contributed by atoms with Crippen LogP contribution in [-0.4, -0.2) is 83.3 Å². The molecule has 2 aromatic heterocycles. The number of morpholine rings is 1. The van der Waals surface area contributed by atoms with E-state index in [0.717, 1.165) is 28.8 Å². The number of nitrogens with zero attached hydrogens (tertiary/aromatic N) is 5. The molecule has 1 fully saturated rings. The van der Waals surface area contributed by atoms with Crippen molar-refractivity contribution in [3.05, 3.63) is 77.1 Å². The van der Waals surface area contributed by atoms with E-state index in [1.54, 1.807) is 35.9 Å². The largest absolute Gasteiger partial charge is 0.493 e. The quantitative estimate of drug-likeness (QED) is 0.393. The zero-order valence-corrected chi connectivity index (χ0v) is 21.9. The maximum atomic E-state index is 13.6. The van der Waals surface area contributed by atoms with Gasteiger partial charge < -0.3 is 24.0 Å². The molecule has 0 unspecified atom stereocenters. The highest BCUT2D eigenvalue weighted by Crippen LogP contribution is 2.32. The first-order chi connectivity index (χ1) is 19.1. The zero-order valence-electron chi connectivity index (χ0n) is 21.9. The first-order valence-corrected chi connectivity index (χ1v) is 12.9. The van der Waals surface area contributed by atoms with Crippen LogP contribution >= 0.6 is 0 Å². The molecule has 6 rings (SSSR count). The molecule has 0 N–H and O–H groups in total. The van der Waals surface area contributed by atoms with Crippen LogP contribution in [0, 0.1) is 0 Å². The van der Waals surface area contributed by atoms with Gasteiger partial charge in [0.05, 0.1) is 33.1 Å². The van der Waals surface area contributed by atoms with Crippen LogP contribution in [-0.2, 0) is 17.7 Å². The van der Waals surface area contributed by atoms with Crippen molar-refractivity contribution in [3.8, 4) is 22.8 Å². The first-order valence-electron chi connectivity index (χ1n) is 12.9. The summed E-state index contributed by atoms with van der Waals surface area (Å²) < 4.78 is 17.9.